The molecule has 0 aliphatic carbocycles. The van der Waals surface area contributed by atoms with Crippen molar-refractivity contribution < 1.29 is 28.8 Å². The summed E-state index contributed by atoms with van der Waals surface area (Å²) in [6.45, 7) is 0.953. The smallest absolute Gasteiger partial charge is 0.293 e. The third kappa shape index (κ3) is 4.57. The fraction of sp³-hybridized carbons (Fsp3) is 0.190. The fourth-order valence-electron chi connectivity index (χ4n) is 3.10. The molecule has 0 bridgehead atoms. The molecule has 2 heterocycles. The molecule has 11 heteroatoms. The molecule has 1 fully saturated rings. The molecule has 32 heavy (non-hydrogen) atoms. The Kier molecular flexibility index (Phi) is 6.08. The van der Waals surface area contributed by atoms with E-state index in [-0.39, 0.29) is 29.6 Å². The standard InChI is InChI=1S/C21H17N3O7S/c25-19(14-3-6-16-17(12-14)31-10-9-30-16)22-7-8-23-20(26)18(32-21(23)27)11-13-1-4-15(5-2-13)24(28)29/h1-6,11-12H,7-10H2,(H,22,25)/b18-11+. The number of hydrogen-bond donors (Lipinski definition) is 1. The molecule has 2 aliphatic rings. The lowest BCUT2D eigenvalue weighted by Gasteiger charge is -2.19. The number of hydrogen-bond acceptors (Lipinski definition) is 8. The van der Waals surface area contributed by atoms with Crippen molar-refractivity contribution in [3.8, 4) is 11.5 Å². The van der Waals surface area contributed by atoms with Crippen molar-refractivity contribution in [3.05, 3.63) is 68.6 Å². The average molecular weight is 455 g/mol. The highest BCUT2D eigenvalue weighted by Gasteiger charge is 2.34. The number of non-ortho nitro benzene ring substituents is 1. The van der Waals surface area contributed by atoms with Gasteiger partial charge in [0, 0.05) is 30.8 Å². The van der Waals surface area contributed by atoms with Crippen LogP contribution in [-0.4, -0.2) is 53.2 Å². The summed E-state index contributed by atoms with van der Waals surface area (Å²) in [6.07, 6.45) is 1.50. The topological polar surface area (TPSA) is 128 Å². The molecule has 10 nitrogen and oxygen atoms in total. The molecule has 164 valence electrons. The second-order valence-electron chi connectivity index (χ2n) is 6.80. The van der Waals surface area contributed by atoms with Crippen LogP contribution in [0.25, 0.3) is 6.08 Å². The van der Waals surface area contributed by atoms with Crippen molar-refractivity contribution in [3.63, 3.8) is 0 Å². The lowest BCUT2D eigenvalue weighted by atomic mass is 10.2. The van der Waals surface area contributed by atoms with E-state index >= 15 is 0 Å². The highest BCUT2D eigenvalue weighted by atomic mass is 32.2. The van der Waals surface area contributed by atoms with Crippen LogP contribution < -0.4 is 14.8 Å². The van der Waals surface area contributed by atoms with Crippen LogP contribution in [0, 0.1) is 10.1 Å². The predicted molar refractivity (Wildman–Crippen MR) is 116 cm³/mol. The number of nitro benzene ring substituents is 1. The van der Waals surface area contributed by atoms with E-state index in [2.05, 4.69) is 5.32 Å². The third-order valence-electron chi connectivity index (χ3n) is 4.70. The zero-order valence-corrected chi connectivity index (χ0v) is 17.4. The molecule has 0 radical (unpaired) electrons. The summed E-state index contributed by atoms with van der Waals surface area (Å²) < 4.78 is 10.9. The maximum absolute atomic E-state index is 12.6. The number of nitro groups is 1. The third-order valence-corrected chi connectivity index (χ3v) is 5.61. The van der Waals surface area contributed by atoms with Crippen molar-refractivity contribution in [1.82, 2.24) is 10.2 Å². The molecule has 2 aromatic carbocycles. The highest BCUT2D eigenvalue weighted by molar-refractivity contribution is 8.18. The largest absolute Gasteiger partial charge is 0.486 e. The summed E-state index contributed by atoms with van der Waals surface area (Å²) in [5.74, 6) is 0.221. The second kappa shape index (κ2) is 9.10. The van der Waals surface area contributed by atoms with Crippen LogP contribution in [0.4, 0.5) is 10.5 Å². The fourth-order valence-corrected chi connectivity index (χ4v) is 3.97. The Balaban J connectivity index is 1.34. The molecular formula is C21H17N3O7S. The molecule has 2 aromatic rings. The van der Waals surface area contributed by atoms with Gasteiger partial charge in [0.1, 0.15) is 13.2 Å². The predicted octanol–water partition coefficient (Wildman–Crippen LogP) is 2.83. The molecule has 1 saturated heterocycles. The molecule has 0 saturated carbocycles. The molecule has 0 spiro atoms. The lowest BCUT2D eigenvalue weighted by Crippen LogP contribution is -2.37. The molecule has 3 amide bonds. The van der Waals surface area contributed by atoms with Crippen LogP contribution in [0.2, 0.25) is 0 Å². The summed E-state index contributed by atoms with van der Waals surface area (Å²) >= 11 is 0.779. The van der Waals surface area contributed by atoms with Crippen molar-refractivity contribution in [2.45, 2.75) is 0 Å². The van der Waals surface area contributed by atoms with Crippen LogP contribution in [0.5, 0.6) is 11.5 Å². The van der Waals surface area contributed by atoms with Gasteiger partial charge >= 0.3 is 0 Å². The summed E-state index contributed by atoms with van der Waals surface area (Å²) in [7, 11) is 0. The maximum Gasteiger partial charge on any atom is 0.293 e. The van der Waals surface area contributed by atoms with Gasteiger partial charge in [0.2, 0.25) is 0 Å². The molecule has 0 atom stereocenters. The molecule has 1 N–H and O–H groups in total. The maximum atomic E-state index is 12.6. The highest BCUT2D eigenvalue weighted by Crippen LogP contribution is 2.32. The number of ether oxygens (including phenoxy) is 2. The van der Waals surface area contributed by atoms with Gasteiger partial charge < -0.3 is 14.8 Å². The number of fused-ring (bicyclic) bond motifs is 1. The summed E-state index contributed by atoms with van der Waals surface area (Å²) in [4.78, 5) is 48.7. The number of benzene rings is 2. The zero-order chi connectivity index (χ0) is 22.7. The summed E-state index contributed by atoms with van der Waals surface area (Å²) in [5, 5.41) is 13.0. The van der Waals surface area contributed by atoms with Gasteiger partial charge in [0.25, 0.3) is 22.7 Å². The first-order valence-corrected chi connectivity index (χ1v) is 10.4. The van der Waals surface area contributed by atoms with Gasteiger partial charge in [-0.25, -0.2) is 0 Å². The van der Waals surface area contributed by atoms with E-state index in [4.69, 9.17) is 9.47 Å². The molecule has 0 unspecified atom stereocenters. The van der Waals surface area contributed by atoms with Gasteiger partial charge in [-0.1, -0.05) is 0 Å². The summed E-state index contributed by atoms with van der Waals surface area (Å²) in [5.41, 5.74) is 0.874. The Morgan fingerprint density at radius 3 is 2.56 bits per heavy atom. The van der Waals surface area contributed by atoms with E-state index in [0.717, 1.165) is 16.7 Å². The average Bonchev–Trinajstić information content (AvgIpc) is 3.06. The number of amides is 3. The van der Waals surface area contributed by atoms with E-state index in [1.54, 1.807) is 18.2 Å². The van der Waals surface area contributed by atoms with E-state index in [9.17, 15) is 24.5 Å². The first kappa shape index (κ1) is 21.4. The number of rotatable bonds is 6. The normalized spacial score (nSPS) is 16.4. The number of thioether (sulfide) groups is 1. The summed E-state index contributed by atoms with van der Waals surface area (Å²) in [6, 6.07) is 10.5. The van der Waals surface area contributed by atoms with Gasteiger partial charge in [-0.15, -0.1) is 0 Å². The van der Waals surface area contributed by atoms with Gasteiger partial charge in [-0.05, 0) is 53.7 Å². The monoisotopic (exact) mass is 455 g/mol. The van der Waals surface area contributed by atoms with Crippen LogP contribution >= 0.6 is 11.8 Å². The number of imide groups is 1. The minimum atomic E-state index is -0.517. The van der Waals surface area contributed by atoms with E-state index in [1.165, 1.54) is 30.3 Å². The van der Waals surface area contributed by atoms with Crippen LogP contribution in [0.1, 0.15) is 15.9 Å². The first-order valence-electron chi connectivity index (χ1n) is 9.60. The number of nitrogens with one attached hydrogen (secondary N) is 1. The lowest BCUT2D eigenvalue weighted by molar-refractivity contribution is -0.384. The minimum absolute atomic E-state index is 0.0125. The van der Waals surface area contributed by atoms with Crippen molar-refractivity contribution >= 4 is 40.6 Å². The van der Waals surface area contributed by atoms with Crippen molar-refractivity contribution in [1.29, 1.82) is 0 Å². The Bertz CT molecular complexity index is 1130. The van der Waals surface area contributed by atoms with Crippen molar-refractivity contribution in [2.75, 3.05) is 26.3 Å². The first-order chi connectivity index (χ1) is 15.4. The number of carbonyl (C=O) groups excluding carboxylic acids is 3. The van der Waals surface area contributed by atoms with Crippen LogP contribution in [0.15, 0.2) is 47.4 Å². The van der Waals surface area contributed by atoms with Crippen LogP contribution in [-0.2, 0) is 4.79 Å². The zero-order valence-electron chi connectivity index (χ0n) is 16.6. The van der Waals surface area contributed by atoms with Crippen molar-refractivity contribution in [2.24, 2.45) is 0 Å². The SMILES string of the molecule is O=C(NCCN1C(=O)S/C(=C/c2ccc([N+](=O)[O-])cc2)C1=O)c1ccc2c(c1)OCCO2. The molecule has 4 rings (SSSR count). The van der Waals surface area contributed by atoms with Gasteiger partial charge in [-0.2, -0.15) is 0 Å². The van der Waals surface area contributed by atoms with E-state index in [1.807, 2.05) is 0 Å². The Morgan fingerprint density at radius 2 is 1.84 bits per heavy atom. The van der Waals surface area contributed by atoms with E-state index < -0.39 is 16.1 Å². The van der Waals surface area contributed by atoms with Gasteiger partial charge in [0.15, 0.2) is 11.5 Å². The molecule has 2 aliphatic heterocycles. The Labute approximate surface area is 186 Å². The molecular weight excluding hydrogens is 438 g/mol. The Morgan fingerprint density at radius 1 is 1.12 bits per heavy atom. The Hall–Kier alpha value is -3.86. The number of nitrogens with zero attached hydrogens (tertiary/aromatic N) is 2. The second-order valence-corrected chi connectivity index (χ2v) is 7.79. The van der Waals surface area contributed by atoms with Gasteiger partial charge in [0.05, 0.1) is 9.83 Å². The quantitative estimate of drug-likeness (QED) is 0.400. The van der Waals surface area contributed by atoms with Crippen LogP contribution in [0.3, 0.4) is 0 Å². The molecule has 0 aromatic heterocycles. The van der Waals surface area contributed by atoms with E-state index in [0.29, 0.717) is 35.8 Å². The number of carbonyl (C=O) groups is 3. The van der Waals surface area contributed by atoms with Gasteiger partial charge in [-0.3, -0.25) is 29.4 Å². The minimum Gasteiger partial charge on any atom is -0.486 e.